The Morgan fingerprint density at radius 2 is 1.86 bits per heavy atom. The summed E-state index contributed by atoms with van der Waals surface area (Å²) in [4.78, 5) is 26.1. The highest BCUT2D eigenvalue weighted by molar-refractivity contribution is 5.91. The number of imide groups is 1. The molecule has 82 valence electrons. The molecule has 4 N–H and O–H groups in total. The van der Waals surface area contributed by atoms with Crippen molar-refractivity contribution in [3.63, 3.8) is 0 Å². The Balaban J connectivity index is 4.19. The van der Waals surface area contributed by atoms with Crippen molar-refractivity contribution in [3.8, 4) is 0 Å². The predicted molar refractivity (Wildman–Crippen MR) is 47.4 cm³/mol. The van der Waals surface area contributed by atoms with Crippen molar-refractivity contribution < 1.29 is 19.2 Å². The molecular weight excluding hydrogens is 190 g/mol. The van der Waals surface area contributed by atoms with Gasteiger partial charge in [0.2, 0.25) is 0 Å². The predicted octanol–water partition coefficient (Wildman–Crippen LogP) is -0.486. The molecule has 2 amide bonds. The molecule has 0 fully saturated rings. The first-order valence-corrected chi connectivity index (χ1v) is 3.90. The molecule has 0 aliphatic heterocycles. The van der Waals surface area contributed by atoms with Crippen molar-refractivity contribution in [2.75, 3.05) is 6.61 Å². The Morgan fingerprint density at radius 3 is 2.21 bits per heavy atom. The fourth-order valence-electron chi connectivity index (χ4n) is 0.554. The van der Waals surface area contributed by atoms with Gasteiger partial charge in [-0.15, -0.1) is 0 Å². The van der Waals surface area contributed by atoms with Crippen LogP contribution in [-0.2, 0) is 14.4 Å². The zero-order valence-corrected chi connectivity index (χ0v) is 8.44. The summed E-state index contributed by atoms with van der Waals surface area (Å²) in [5, 5.41) is 0.318. The average molecular weight is 205 g/mol. The molecule has 0 heterocycles. The first-order valence-electron chi connectivity index (χ1n) is 3.90. The number of nitrogens with two attached hydrogens (primary N) is 2. The van der Waals surface area contributed by atoms with Gasteiger partial charge in [0.25, 0.3) is 5.91 Å². The molecule has 0 aliphatic rings. The van der Waals surface area contributed by atoms with Gasteiger partial charge in [0.1, 0.15) is 12.2 Å². The molecule has 0 aromatic rings. The average Bonchev–Trinajstić information content (AvgIpc) is 2.00. The second-order valence-electron chi connectivity index (χ2n) is 3.56. The minimum atomic E-state index is -0.945. The largest absolute Gasteiger partial charge is 0.442 e. The molecule has 7 nitrogen and oxygen atoms in total. The number of hydrogen-bond acceptors (Lipinski definition) is 6. The number of hydrogen-bond donors (Lipinski definition) is 2. The summed E-state index contributed by atoms with van der Waals surface area (Å²) < 4.78 is 4.81. The van der Waals surface area contributed by atoms with Gasteiger partial charge < -0.3 is 4.74 Å². The van der Waals surface area contributed by atoms with Crippen LogP contribution in [0, 0.1) is 0 Å². The summed E-state index contributed by atoms with van der Waals surface area (Å²) in [6, 6.07) is 0. The smallest absolute Gasteiger partial charge is 0.431 e. The maximum Gasteiger partial charge on any atom is 0.431 e. The third-order valence-electron chi connectivity index (χ3n) is 1.07. The van der Waals surface area contributed by atoms with E-state index in [1.54, 1.807) is 20.8 Å². The summed E-state index contributed by atoms with van der Waals surface area (Å²) in [5.41, 5.74) is -0.710. The van der Waals surface area contributed by atoms with Gasteiger partial charge in [-0.2, -0.15) is 5.01 Å². The molecule has 0 rings (SSSR count). The van der Waals surface area contributed by atoms with E-state index >= 15 is 0 Å². The van der Waals surface area contributed by atoms with Gasteiger partial charge in [0.05, 0.1) is 0 Å². The van der Waals surface area contributed by atoms with E-state index in [-0.39, 0.29) is 0 Å². The minimum Gasteiger partial charge on any atom is -0.442 e. The van der Waals surface area contributed by atoms with Gasteiger partial charge in [0.15, 0.2) is 0 Å². The van der Waals surface area contributed by atoms with Crippen LogP contribution < -0.4 is 11.7 Å². The maximum atomic E-state index is 11.1. The zero-order chi connectivity index (χ0) is 11.4. The van der Waals surface area contributed by atoms with Crippen molar-refractivity contribution in [2.45, 2.75) is 26.4 Å². The zero-order valence-electron chi connectivity index (χ0n) is 8.44. The Kier molecular flexibility index (Phi) is 4.48. The van der Waals surface area contributed by atoms with Gasteiger partial charge in [-0.05, 0) is 20.8 Å². The molecule has 0 atom stereocenters. The lowest BCUT2D eigenvalue weighted by atomic mass is 10.2. The topological polar surface area (TPSA) is 108 Å². The van der Waals surface area contributed by atoms with Crippen LogP contribution in [0.4, 0.5) is 4.79 Å². The molecule has 0 unspecified atom stereocenters. The lowest BCUT2D eigenvalue weighted by Crippen LogP contribution is -2.47. The number of carbonyl (C=O) groups is 2. The molecular formula is C7H15N3O4. The van der Waals surface area contributed by atoms with Crippen LogP contribution in [0.25, 0.3) is 0 Å². The van der Waals surface area contributed by atoms with Gasteiger partial charge >= 0.3 is 6.09 Å². The maximum absolute atomic E-state index is 11.1. The minimum absolute atomic E-state index is 0.318. The number of amides is 2. The van der Waals surface area contributed by atoms with E-state index in [2.05, 4.69) is 10.7 Å². The van der Waals surface area contributed by atoms with Gasteiger partial charge in [-0.3, -0.25) is 9.63 Å². The Morgan fingerprint density at radius 1 is 1.36 bits per heavy atom. The molecule has 0 saturated heterocycles. The molecule has 0 aromatic carbocycles. The molecule has 0 aliphatic carbocycles. The van der Waals surface area contributed by atoms with Crippen molar-refractivity contribution in [3.05, 3.63) is 0 Å². The normalized spacial score (nSPS) is 10.9. The third-order valence-corrected chi connectivity index (χ3v) is 1.07. The highest BCUT2D eigenvalue weighted by Gasteiger charge is 2.24. The summed E-state index contributed by atoms with van der Waals surface area (Å²) >= 11 is 0. The summed E-state index contributed by atoms with van der Waals surface area (Å²) in [5.74, 6) is 8.99. The Labute approximate surface area is 81.8 Å². The summed E-state index contributed by atoms with van der Waals surface area (Å²) in [7, 11) is 0. The van der Waals surface area contributed by atoms with Gasteiger partial charge in [-0.25, -0.2) is 16.5 Å². The van der Waals surface area contributed by atoms with Crippen LogP contribution in [-0.4, -0.2) is 29.2 Å². The molecule has 0 aromatic heterocycles. The van der Waals surface area contributed by atoms with Crippen LogP contribution in [0.2, 0.25) is 0 Å². The van der Waals surface area contributed by atoms with Crippen LogP contribution in [0.1, 0.15) is 20.8 Å². The lowest BCUT2D eigenvalue weighted by molar-refractivity contribution is -0.135. The quantitative estimate of drug-likeness (QED) is 0.358. The fraction of sp³-hybridized carbons (Fsp3) is 0.714. The monoisotopic (exact) mass is 205 g/mol. The molecule has 0 radical (unpaired) electrons. The van der Waals surface area contributed by atoms with Crippen LogP contribution in [0.5, 0.6) is 0 Å². The molecule has 0 bridgehead atoms. The molecule has 7 heteroatoms. The van der Waals surface area contributed by atoms with E-state index in [1.165, 1.54) is 0 Å². The van der Waals surface area contributed by atoms with Crippen molar-refractivity contribution in [1.82, 2.24) is 5.01 Å². The van der Waals surface area contributed by atoms with Crippen LogP contribution >= 0.6 is 0 Å². The fourth-order valence-corrected chi connectivity index (χ4v) is 0.554. The summed E-state index contributed by atoms with van der Waals surface area (Å²) in [6.45, 7) is 4.49. The highest BCUT2D eigenvalue weighted by Crippen LogP contribution is 2.08. The van der Waals surface area contributed by atoms with Crippen molar-refractivity contribution in [1.29, 1.82) is 0 Å². The van der Waals surface area contributed by atoms with Crippen LogP contribution in [0.3, 0.4) is 0 Å². The number of hydrazine groups is 1. The third kappa shape index (κ3) is 4.75. The number of ether oxygens (including phenoxy) is 1. The van der Waals surface area contributed by atoms with Gasteiger partial charge in [-0.1, -0.05) is 0 Å². The molecule has 14 heavy (non-hydrogen) atoms. The number of nitrogens with zero attached hydrogens (tertiary/aromatic N) is 1. The van der Waals surface area contributed by atoms with Gasteiger partial charge in [0, 0.05) is 0 Å². The summed E-state index contributed by atoms with van der Waals surface area (Å²) in [6.07, 6.45) is -0.945. The van der Waals surface area contributed by atoms with E-state index in [0.717, 1.165) is 0 Å². The lowest BCUT2D eigenvalue weighted by Gasteiger charge is -2.22. The van der Waals surface area contributed by atoms with E-state index in [9.17, 15) is 9.59 Å². The first-order chi connectivity index (χ1) is 6.28. The molecule has 0 spiro atoms. The van der Waals surface area contributed by atoms with E-state index < -0.39 is 24.2 Å². The van der Waals surface area contributed by atoms with E-state index in [0.29, 0.717) is 5.01 Å². The SMILES string of the molecule is CC(C)(C)OC(=O)N(N)C(=O)CON. The number of rotatable bonds is 2. The second-order valence-corrected chi connectivity index (χ2v) is 3.56. The molecule has 0 saturated carbocycles. The van der Waals surface area contributed by atoms with E-state index in [1.807, 2.05) is 0 Å². The second kappa shape index (κ2) is 4.89. The van der Waals surface area contributed by atoms with Crippen molar-refractivity contribution >= 4 is 12.0 Å². The van der Waals surface area contributed by atoms with Crippen molar-refractivity contribution in [2.24, 2.45) is 11.7 Å². The number of carbonyl (C=O) groups excluding carboxylic acids is 2. The Hall–Kier alpha value is -1.18. The highest BCUT2D eigenvalue weighted by atomic mass is 16.6. The first kappa shape index (κ1) is 12.8. The van der Waals surface area contributed by atoms with E-state index in [4.69, 9.17) is 10.6 Å². The standard InChI is InChI=1S/C7H15N3O4/c1-7(2,3)14-6(12)10(8)5(11)4-13-9/h4,8-9H2,1-3H3. The Bertz CT molecular complexity index is 223. The van der Waals surface area contributed by atoms with Crippen LogP contribution in [0.15, 0.2) is 0 Å².